The molecule has 0 fully saturated rings. The van der Waals surface area contributed by atoms with Crippen LogP contribution in [0.4, 0.5) is 14.5 Å². The number of carbonyl (C=O) groups excluding carboxylic acids is 2. The molecule has 30 heavy (non-hydrogen) atoms. The van der Waals surface area contributed by atoms with Crippen LogP contribution in [0.5, 0.6) is 11.6 Å². The average Bonchev–Trinajstić information content (AvgIpc) is 3.28. The largest absolute Gasteiger partial charge is 0.436 e. The number of aromatic nitrogens is 2. The van der Waals surface area contributed by atoms with E-state index in [1.54, 1.807) is 18.5 Å². The Morgan fingerprint density at radius 3 is 2.60 bits per heavy atom. The Balaban J connectivity index is 1.62. The number of halogens is 2. The molecule has 1 atom stereocenters. The Bertz CT molecular complexity index is 1040. The van der Waals surface area contributed by atoms with Gasteiger partial charge < -0.3 is 15.4 Å². The molecule has 2 N–H and O–H groups in total. The highest BCUT2D eigenvalue weighted by molar-refractivity contribution is 7.09. The van der Waals surface area contributed by atoms with Gasteiger partial charge in [-0.3, -0.25) is 9.59 Å². The summed E-state index contributed by atoms with van der Waals surface area (Å²) < 4.78 is 32.1. The SMILES string of the molecule is CCC(C)(NC(=O)C(=O)Nc1ccc(Oc2cccc(F)c2F)nc1)c1nccs1. The first-order chi connectivity index (χ1) is 14.3. The van der Waals surface area contributed by atoms with E-state index in [0.29, 0.717) is 11.4 Å². The summed E-state index contributed by atoms with van der Waals surface area (Å²) in [5, 5.41) is 7.61. The van der Waals surface area contributed by atoms with Crippen molar-refractivity contribution in [2.75, 3.05) is 5.32 Å². The third-order valence-electron chi connectivity index (χ3n) is 4.33. The van der Waals surface area contributed by atoms with Crippen molar-refractivity contribution in [3.05, 3.63) is 64.7 Å². The highest BCUT2D eigenvalue weighted by Gasteiger charge is 2.31. The quantitative estimate of drug-likeness (QED) is 0.575. The van der Waals surface area contributed by atoms with Gasteiger partial charge in [0.25, 0.3) is 0 Å². The third-order valence-corrected chi connectivity index (χ3v) is 5.37. The van der Waals surface area contributed by atoms with Gasteiger partial charge in [0.2, 0.25) is 11.7 Å². The van der Waals surface area contributed by atoms with Gasteiger partial charge in [-0.15, -0.1) is 11.3 Å². The summed E-state index contributed by atoms with van der Waals surface area (Å²) in [7, 11) is 0. The molecule has 0 aliphatic heterocycles. The number of ether oxygens (including phenoxy) is 1. The molecule has 0 bridgehead atoms. The first kappa shape index (κ1) is 21.3. The van der Waals surface area contributed by atoms with E-state index in [4.69, 9.17) is 4.74 Å². The zero-order chi connectivity index (χ0) is 21.7. The Morgan fingerprint density at radius 2 is 1.97 bits per heavy atom. The number of rotatable bonds is 6. The second kappa shape index (κ2) is 8.95. The Hall–Kier alpha value is -3.40. The van der Waals surface area contributed by atoms with Gasteiger partial charge in [-0.05, 0) is 31.5 Å². The van der Waals surface area contributed by atoms with E-state index in [1.807, 2.05) is 6.92 Å². The van der Waals surface area contributed by atoms with Gasteiger partial charge in [0.05, 0.1) is 17.4 Å². The first-order valence-electron chi connectivity index (χ1n) is 8.94. The number of pyridine rings is 1. The first-order valence-corrected chi connectivity index (χ1v) is 9.81. The summed E-state index contributed by atoms with van der Waals surface area (Å²) in [5.41, 5.74) is -0.539. The number of hydrogen-bond acceptors (Lipinski definition) is 6. The van der Waals surface area contributed by atoms with Crippen LogP contribution < -0.4 is 15.4 Å². The van der Waals surface area contributed by atoms with Crippen LogP contribution in [0.15, 0.2) is 48.1 Å². The van der Waals surface area contributed by atoms with Crippen molar-refractivity contribution in [3.8, 4) is 11.6 Å². The Kier molecular flexibility index (Phi) is 6.36. The molecule has 0 saturated carbocycles. The van der Waals surface area contributed by atoms with E-state index in [9.17, 15) is 18.4 Å². The molecule has 0 aliphatic carbocycles. The number of thiazole rings is 1. The maximum absolute atomic E-state index is 13.7. The topological polar surface area (TPSA) is 93.2 Å². The highest BCUT2D eigenvalue weighted by atomic mass is 32.1. The van der Waals surface area contributed by atoms with Gasteiger partial charge in [-0.25, -0.2) is 14.4 Å². The lowest BCUT2D eigenvalue weighted by Crippen LogP contribution is -2.47. The standard InChI is InChI=1S/C20H18F2N4O3S/c1-3-20(2,19-23-9-10-30-19)26-18(28)17(27)25-12-7-8-15(24-11-12)29-14-6-4-5-13(21)16(14)22/h4-11H,3H2,1-2H3,(H,25,27)(H,26,28). The maximum Gasteiger partial charge on any atom is 0.313 e. The molecule has 0 radical (unpaired) electrons. The van der Waals surface area contributed by atoms with Gasteiger partial charge >= 0.3 is 11.8 Å². The van der Waals surface area contributed by atoms with Crippen LogP contribution in [0.3, 0.4) is 0 Å². The lowest BCUT2D eigenvalue weighted by molar-refractivity contribution is -0.137. The van der Waals surface area contributed by atoms with Crippen LogP contribution in [0.25, 0.3) is 0 Å². The predicted octanol–water partition coefficient (Wildman–Crippen LogP) is 3.99. The van der Waals surface area contributed by atoms with E-state index in [2.05, 4.69) is 20.6 Å². The lowest BCUT2D eigenvalue weighted by atomic mass is 10.00. The Morgan fingerprint density at radius 1 is 1.17 bits per heavy atom. The van der Waals surface area contributed by atoms with E-state index in [1.165, 1.54) is 41.8 Å². The molecule has 0 aliphatic rings. The minimum absolute atomic E-state index is 0.00993. The van der Waals surface area contributed by atoms with Crippen LogP contribution in [-0.4, -0.2) is 21.8 Å². The van der Waals surface area contributed by atoms with Gasteiger partial charge in [-0.1, -0.05) is 13.0 Å². The minimum Gasteiger partial charge on any atom is -0.436 e. The molecule has 0 spiro atoms. The van der Waals surface area contributed by atoms with Crippen molar-refractivity contribution in [3.63, 3.8) is 0 Å². The van der Waals surface area contributed by atoms with Crippen LogP contribution in [-0.2, 0) is 15.1 Å². The van der Waals surface area contributed by atoms with E-state index in [0.717, 1.165) is 6.07 Å². The number of nitrogens with one attached hydrogen (secondary N) is 2. The molecule has 1 aromatic carbocycles. The van der Waals surface area contributed by atoms with Crippen LogP contribution in [0, 0.1) is 11.6 Å². The molecule has 2 heterocycles. The summed E-state index contributed by atoms with van der Waals surface area (Å²) in [6.07, 6.45) is 3.41. The van der Waals surface area contributed by atoms with Gasteiger partial charge in [0.15, 0.2) is 11.6 Å². The fraction of sp³-hybridized carbons (Fsp3) is 0.200. The third kappa shape index (κ3) is 4.77. The van der Waals surface area contributed by atoms with E-state index >= 15 is 0 Å². The zero-order valence-electron chi connectivity index (χ0n) is 16.1. The number of hydrogen-bond donors (Lipinski definition) is 2. The van der Waals surface area contributed by atoms with Crippen molar-refractivity contribution in [1.82, 2.24) is 15.3 Å². The van der Waals surface area contributed by atoms with Gasteiger partial charge in [0, 0.05) is 17.6 Å². The Labute approximate surface area is 175 Å². The summed E-state index contributed by atoms with van der Waals surface area (Å²) in [5.74, 6) is -4.20. The minimum atomic E-state index is -1.13. The van der Waals surface area contributed by atoms with Gasteiger partial charge in [0.1, 0.15) is 5.01 Å². The lowest BCUT2D eigenvalue weighted by Gasteiger charge is -2.26. The number of amides is 2. The second-order valence-corrected chi connectivity index (χ2v) is 7.36. The van der Waals surface area contributed by atoms with Crippen molar-refractivity contribution in [2.24, 2.45) is 0 Å². The molecule has 2 aromatic heterocycles. The fourth-order valence-corrected chi connectivity index (χ4v) is 3.30. The summed E-state index contributed by atoms with van der Waals surface area (Å²) in [4.78, 5) is 32.7. The molecule has 2 amide bonds. The molecular formula is C20H18F2N4O3S. The van der Waals surface area contributed by atoms with Crippen LogP contribution >= 0.6 is 11.3 Å². The summed E-state index contributed by atoms with van der Waals surface area (Å²) in [6, 6.07) is 6.30. The smallest absolute Gasteiger partial charge is 0.313 e. The van der Waals surface area contributed by atoms with Crippen molar-refractivity contribution in [2.45, 2.75) is 25.8 Å². The number of nitrogens with zero attached hydrogens (tertiary/aromatic N) is 2. The molecule has 1 unspecified atom stereocenters. The predicted molar refractivity (Wildman–Crippen MR) is 107 cm³/mol. The fourth-order valence-electron chi connectivity index (χ4n) is 2.47. The molecular weight excluding hydrogens is 414 g/mol. The highest BCUT2D eigenvalue weighted by Crippen LogP contribution is 2.27. The number of carbonyl (C=O) groups is 2. The zero-order valence-corrected chi connectivity index (χ0v) is 16.9. The monoisotopic (exact) mass is 432 g/mol. The summed E-state index contributed by atoms with van der Waals surface area (Å²) >= 11 is 1.38. The van der Waals surface area contributed by atoms with E-state index < -0.39 is 29.0 Å². The molecule has 7 nitrogen and oxygen atoms in total. The normalized spacial score (nSPS) is 12.7. The van der Waals surface area contributed by atoms with Crippen molar-refractivity contribution >= 4 is 28.8 Å². The molecule has 0 saturated heterocycles. The van der Waals surface area contributed by atoms with Gasteiger partial charge in [-0.2, -0.15) is 4.39 Å². The maximum atomic E-state index is 13.7. The molecule has 3 rings (SSSR count). The molecule has 10 heteroatoms. The summed E-state index contributed by atoms with van der Waals surface area (Å²) in [6.45, 7) is 3.67. The van der Waals surface area contributed by atoms with Crippen LogP contribution in [0.1, 0.15) is 25.3 Å². The van der Waals surface area contributed by atoms with E-state index in [-0.39, 0.29) is 17.3 Å². The molecule has 3 aromatic rings. The average molecular weight is 432 g/mol. The number of benzene rings is 1. The van der Waals surface area contributed by atoms with Crippen molar-refractivity contribution < 1.29 is 23.1 Å². The van der Waals surface area contributed by atoms with Crippen molar-refractivity contribution in [1.29, 1.82) is 0 Å². The molecule has 156 valence electrons. The van der Waals surface area contributed by atoms with Crippen LogP contribution in [0.2, 0.25) is 0 Å². The number of anilines is 1. The second-order valence-electron chi connectivity index (χ2n) is 6.47.